The second-order valence-corrected chi connectivity index (χ2v) is 64.0. The molecule has 22 atom stereocenters. The maximum Gasteiger partial charge on any atom is 0.336 e. The number of hydrogen-bond donors (Lipinski definition) is 0. The third kappa shape index (κ3) is 18.3. The van der Waals surface area contributed by atoms with Gasteiger partial charge in [-0.15, -0.1) is 0 Å². The second kappa shape index (κ2) is 28.4. The molecule has 33 heteroatoms. The zero-order chi connectivity index (χ0) is 63.6. The van der Waals surface area contributed by atoms with Gasteiger partial charge in [0.05, 0.1) is 48.8 Å². The molecule has 90 heavy (non-hydrogen) atoms. The molecule has 0 amide bonds. The molecule has 11 aliphatic rings. The normalized spacial score (nSPS) is 46.7. The van der Waals surface area contributed by atoms with Crippen LogP contribution in [0.5, 0.6) is 0 Å². The van der Waals surface area contributed by atoms with Gasteiger partial charge in [0.1, 0.15) is 6.29 Å². The molecule has 22 nitrogen and oxygen atoms in total. The molecule has 1 aromatic heterocycles. The predicted molar refractivity (Wildman–Crippen MR) is 365 cm³/mol. The van der Waals surface area contributed by atoms with Crippen LogP contribution in [-0.2, 0) is 88.6 Å². The number of hydrogen-bond acceptors (Lipinski definition) is 19. The van der Waals surface area contributed by atoms with Crippen molar-refractivity contribution < 1.29 is 69.0 Å². The van der Waals surface area contributed by atoms with Gasteiger partial charge in [-0.05, 0) is 267 Å². The topological polar surface area (TPSA) is 227 Å². The molecule has 11 fully saturated rings. The molecule has 12 rings (SSSR count). The fourth-order valence-corrected chi connectivity index (χ4v) is 67.6. The van der Waals surface area contributed by atoms with Crippen LogP contribution in [0.15, 0.2) is 14.4 Å². The first-order valence-corrected chi connectivity index (χ1v) is 61.4. The van der Waals surface area contributed by atoms with E-state index in [1.54, 1.807) is 0 Å². The summed E-state index contributed by atoms with van der Waals surface area (Å²) < 4.78 is 112. The zero-order valence-electron chi connectivity index (χ0n) is 56.4. The summed E-state index contributed by atoms with van der Waals surface area (Å²) in [6, 6.07) is 5.01. The van der Waals surface area contributed by atoms with Crippen LogP contribution in [0.3, 0.4) is 0 Å². The van der Waals surface area contributed by atoms with Gasteiger partial charge >= 0.3 is 114 Å². The number of fused-ring (bicyclic) bond motifs is 4. The Morgan fingerprint density at radius 3 is 1.00 bits per heavy atom. The Kier molecular flexibility index (Phi) is 22.1. The van der Waals surface area contributed by atoms with Crippen molar-refractivity contribution in [3.05, 3.63) is 31.5 Å². The van der Waals surface area contributed by atoms with E-state index in [0.717, 1.165) is 114 Å². The molecule has 0 spiro atoms. The molecule has 512 valence electrons. The zero-order valence-corrected chi connectivity index (χ0v) is 68.0. The van der Waals surface area contributed by atoms with Gasteiger partial charge in [0, 0.05) is 19.6 Å². The van der Waals surface area contributed by atoms with Crippen LogP contribution in [0, 0.1) is 23.7 Å². The van der Waals surface area contributed by atoms with Gasteiger partial charge in [0.15, 0.2) is 0 Å². The van der Waals surface area contributed by atoms with E-state index in [1.165, 1.54) is 26.5 Å². The summed E-state index contributed by atoms with van der Waals surface area (Å²) >= 11 is 0. The first-order valence-electron chi connectivity index (χ1n) is 35.4. The Morgan fingerprint density at radius 2 is 0.633 bits per heavy atom. The predicted octanol–water partition coefficient (Wildman–Crippen LogP) is 8.66. The van der Waals surface area contributed by atoms with E-state index in [9.17, 15) is 4.79 Å². The average molecular weight is 1450 g/mol. The quantitative estimate of drug-likeness (QED) is 0.0697. The molecule has 22 unspecified atom stereocenters. The molecule has 7 aliphatic heterocycles. The monoisotopic (exact) mass is 1450 g/mol. The molecule has 4 aliphatic carbocycles. The van der Waals surface area contributed by atoms with Crippen molar-refractivity contribution in [2.45, 2.75) is 318 Å². The van der Waals surface area contributed by atoms with Gasteiger partial charge in [-0.25, -0.2) is 28.1 Å². The fourth-order valence-electron chi connectivity index (χ4n) is 17.3. The van der Waals surface area contributed by atoms with Gasteiger partial charge in [0.25, 0.3) is 0 Å². The molecule has 0 N–H and O–H groups in total. The van der Waals surface area contributed by atoms with E-state index in [1.807, 2.05) is 13.5 Å². The maximum absolute atomic E-state index is 15.0. The van der Waals surface area contributed by atoms with Crippen LogP contribution in [0.25, 0.3) is 0 Å². The van der Waals surface area contributed by atoms with Crippen molar-refractivity contribution in [1.29, 1.82) is 0 Å². The van der Waals surface area contributed by atoms with E-state index in [-0.39, 0.29) is 19.6 Å². The molecule has 0 bridgehead atoms. The number of rotatable bonds is 24. The Labute approximate surface area is 549 Å². The van der Waals surface area contributed by atoms with Gasteiger partial charge in [-0.3, -0.25) is 0 Å². The summed E-state index contributed by atoms with van der Waals surface area (Å²) in [7, 11) is -28.9. The van der Waals surface area contributed by atoms with E-state index in [2.05, 4.69) is 65.5 Å². The first-order chi connectivity index (χ1) is 42.6. The summed E-state index contributed by atoms with van der Waals surface area (Å²) in [5, 5.41) is 0. The van der Waals surface area contributed by atoms with Gasteiger partial charge in [-0.1, -0.05) is 0 Å². The minimum atomic E-state index is -3.06. The average Bonchev–Trinajstić information content (AvgIpc) is 1.48. The summed E-state index contributed by atoms with van der Waals surface area (Å²) in [5.41, 5.74) is -1.86. The fraction of sp³-hybridized carbons (Fsp3) is 0.947. The van der Waals surface area contributed by atoms with Gasteiger partial charge in [-0.2, -0.15) is 0 Å². The van der Waals surface area contributed by atoms with Crippen molar-refractivity contribution in [2.24, 2.45) is 23.7 Å². The molecular formula is C57H111N3O19Si11. The van der Waals surface area contributed by atoms with Crippen LogP contribution in [-0.4, -0.2) is 166 Å². The Hall–Kier alpha value is 0.156. The lowest BCUT2D eigenvalue weighted by Crippen LogP contribution is -2.63. The first kappa shape index (κ1) is 70.0. The van der Waals surface area contributed by atoms with Crippen molar-refractivity contribution in [3.63, 3.8) is 0 Å². The van der Waals surface area contributed by atoms with Crippen LogP contribution < -0.4 is 17.1 Å². The van der Waals surface area contributed by atoms with Gasteiger partial charge in [0.2, 0.25) is 0 Å². The minimum Gasteiger partial charge on any atom is -0.418 e. The lowest BCUT2D eigenvalue weighted by Gasteiger charge is -2.47. The van der Waals surface area contributed by atoms with Crippen molar-refractivity contribution in [3.8, 4) is 0 Å². The van der Waals surface area contributed by atoms with E-state index in [0.29, 0.717) is 110 Å². The Balaban J connectivity index is 0.750. The van der Waals surface area contributed by atoms with E-state index < -0.39 is 120 Å². The van der Waals surface area contributed by atoms with Gasteiger partial charge < -0.3 is 69.0 Å². The minimum absolute atomic E-state index is 0.0787. The highest BCUT2D eigenvalue weighted by atomic mass is 28.5. The second-order valence-electron chi connectivity index (χ2n) is 30.5. The highest BCUT2D eigenvalue weighted by Gasteiger charge is 2.55. The Morgan fingerprint density at radius 1 is 0.356 bits per heavy atom. The van der Waals surface area contributed by atoms with E-state index >= 15 is 9.59 Å². The SMILES string of the molecule is CC1O[SiH](C)O[Si](C)(CCCn2c(=O)n(CCC[Si]3(C)O[SiH](C)O[Si](C)(CCC4CCC5OC5C4)O[SiH](C)O3)c(=O)n(CCC[Si]3(C)O[SiH](C)O[Si](C)(CCC4CCC5OC5C4)O[Si](C)(CCC4CCC5OC5C4)O3)c2=O)O[Si](C)(CCC2CCC3OC3C2)O1. The third-order valence-electron chi connectivity index (χ3n) is 21.9. The molecule has 1 aromatic rings. The summed E-state index contributed by atoms with van der Waals surface area (Å²) in [6.07, 6.45) is 22.1. The molecule has 7 saturated heterocycles. The van der Waals surface area contributed by atoms with Crippen molar-refractivity contribution in [2.75, 3.05) is 0 Å². The number of nitrogens with zero attached hydrogens (tertiary/aromatic N) is 3. The van der Waals surface area contributed by atoms with Crippen molar-refractivity contribution in [1.82, 2.24) is 13.7 Å². The van der Waals surface area contributed by atoms with Crippen LogP contribution in [0.1, 0.15) is 129 Å². The Bertz CT molecular complexity index is 2830. The maximum atomic E-state index is 15.0. The third-order valence-corrected chi connectivity index (χ3v) is 65.7. The highest BCUT2D eigenvalue weighted by molar-refractivity contribution is 6.90. The van der Waals surface area contributed by atoms with Crippen LogP contribution in [0.2, 0.25) is 114 Å². The molecule has 8 heterocycles. The summed E-state index contributed by atoms with van der Waals surface area (Å²) in [5.74, 6) is 2.36. The standard InChI is InChI=1S/C57H111N3O19Si11/c1-42-68-80(2)70-87(9,77-84(6,69-42)34-24-43-16-20-47-51(38-43)64-47)32-14-29-59-55(61)58(28-13-31-85(7)71-81(3)73-86(8,74-82(4)72-85)35-25-44-17-21-48-52(39-44)65-48)56(62)60(57(59)63)30-15-33-88(10)75-83(5)76-89(11,36-26-45-18-22-49-53(40-45)66-49)79-90(12,78-88)37-27-46-19-23-50-54(41-46)67-50/h42-54,80-83H,13-41H2,1-12H3. The smallest absolute Gasteiger partial charge is 0.336 e. The number of ether oxygens (including phenoxy) is 4. The number of aromatic nitrogens is 3. The lowest BCUT2D eigenvalue weighted by atomic mass is 9.88. The summed E-state index contributed by atoms with van der Waals surface area (Å²) in [6.45, 7) is 25.6. The largest absolute Gasteiger partial charge is 0.418 e. The number of epoxide rings is 4. The van der Waals surface area contributed by atoms with E-state index in [4.69, 9.17) is 69.0 Å². The van der Waals surface area contributed by atoms with Crippen LogP contribution >= 0.6 is 0 Å². The van der Waals surface area contributed by atoms with Crippen molar-refractivity contribution >= 4 is 97.1 Å². The van der Waals surface area contributed by atoms with Crippen LogP contribution in [0.4, 0.5) is 0 Å². The highest BCUT2D eigenvalue weighted by Crippen LogP contribution is 2.47. The molecule has 4 saturated carbocycles. The molecule has 0 aromatic carbocycles. The molecular weight excluding hydrogens is 1340 g/mol. The lowest BCUT2D eigenvalue weighted by molar-refractivity contribution is -0.0255. The summed E-state index contributed by atoms with van der Waals surface area (Å²) in [4.78, 5) is 45.0. The molecule has 0 radical (unpaired) electrons.